The number of rotatable bonds is 6. The van der Waals surface area contributed by atoms with E-state index in [1.165, 1.54) is 11.5 Å². The number of nitrogens with one attached hydrogen (secondary N) is 1. The molecule has 6 heteroatoms. The Kier molecular flexibility index (Phi) is 4.67. The average molecular weight is 243 g/mol. The number of nitrogens with zero attached hydrogens (tertiary/aromatic N) is 2. The molecule has 0 amide bonds. The lowest BCUT2D eigenvalue weighted by Crippen LogP contribution is -2.24. The third kappa shape index (κ3) is 4.14. The van der Waals surface area contributed by atoms with E-state index in [9.17, 15) is 4.79 Å². The van der Waals surface area contributed by atoms with Gasteiger partial charge in [-0.3, -0.25) is 4.79 Å². The summed E-state index contributed by atoms with van der Waals surface area (Å²) in [6.45, 7) is 6.25. The Bertz CT molecular complexity index is 352. The third-order valence-corrected chi connectivity index (χ3v) is 2.90. The second-order valence-corrected chi connectivity index (χ2v) is 4.94. The fraction of sp³-hybridized carbons (Fsp3) is 0.700. The van der Waals surface area contributed by atoms with E-state index in [1.54, 1.807) is 0 Å². The average Bonchev–Trinajstić information content (AvgIpc) is 2.58. The number of carboxylic acids is 1. The Morgan fingerprint density at radius 2 is 2.25 bits per heavy atom. The first-order valence-corrected chi connectivity index (χ1v) is 6.03. The zero-order chi connectivity index (χ0) is 12.1. The lowest BCUT2D eigenvalue weighted by atomic mass is 9.97. The van der Waals surface area contributed by atoms with Crippen molar-refractivity contribution in [3.8, 4) is 0 Å². The van der Waals surface area contributed by atoms with Gasteiger partial charge in [-0.2, -0.15) is 4.37 Å². The molecule has 5 nitrogen and oxygen atoms in total. The van der Waals surface area contributed by atoms with E-state index >= 15 is 0 Å². The monoisotopic (exact) mass is 243 g/mol. The molecule has 2 N–H and O–H groups in total. The summed E-state index contributed by atoms with van der Waals surface area (Å²) in [4.78, 5) is 15.1. The van der Waals surface area contributed by atoms with Crippen molar-refractivity contribution in [2.75, 3.05) is 11.9 Å². The molecular weight excluding hydrogens is 226 g/mol. The van der Waals surface area contributed by atoms with Gasteiger partial charge in [0.15, 0.2) is 0 Å². The largest absolute Gasteiger partial charge is 0.481 e. The number of carbonyl (C=O) groups is 1. The van der Waals surface area contributed by atoms with Crippen LogP contribution in [0.5, 0.6) is 0 Å². The van der Waals surface area contributed by atoms with Crippen molar-refractivity contribution in [2.45, 2.75) is 27.2 Å². The first-order chi connectivity index (χ1) is 7.49. The van der Waals surface area contributed by atoms with E-state index < -0.39 is 5.97 Å². The maximum Gasteiger partial charge on any atom is 0.308 e. The van der Waals surface area contributed by atoms with Crippen LogP contribution in [0.25, 0.3) is 0 Å². The molecular formula is C10H17N3O2S. The Morgan fingerprint density at radius 1 is 1.56 bits per heavy atom. The van der Waals surface area contributed by atoms with E-state index in [0.717, 1.165) is 0 Å². The molecule has 0 aliphatic rings. The number of hydrogen-bond acceptors (Lipinski definition) is 5. The number of anilines is 1. The van der Waals surface area contributed by atoms with Crippen LogP contribution in [-0.2, 0) is 4.79 Å². The van der Waals surface area contributed by atoms with Crippen LogP contribution in [-0.4, -0.2) is 27.0 Å². The maximum absolute atomic E-state index is 11.0. The summed E-state index contributed by atoms with van der Waals surface area (Å²) in [5.74, 6) is -0.0473. The topological polar surface area (TPSA) is 75.1 Å². The predicted octanol–water partition coefficient (Wildman–Crippen LogP) is 2.01. The number of aryl methyl sites for hydroxylation is 1. The third-order valence-electron chi connectivity index (χ3n) is 2.13. The molecule has 1 rings (SSSR count). The van der Waals surface area contributed by atoms with Crippen LogP contribution >= 0.6 is 11.5 Å². The van der Waals surface area contributed by atoms with Gasteiger partial charge in [0, 0.05) is 18.1 Å². The minimum Gasteiger partial charge on any atom is -0.481 e. The molecule has 0 saturated carbocycles. The minimum absolute atomic E-state index is 0.371. The second kappa shape index (κ2) is 5.79. The SMILES string of the molecule is Cc1nsc(NCC(CC(C)C)C(=O)O)n1. The van der Waals surface area contributed by atoms with Crippen molar-refractivity contribution in [1.82, 2.24) is 9.36 Å². The van der Waals surface area contributed by atoms with Gasteiger partial charge >= 0.3 is 5.97 Å². The van der Waals surface area contributed by atoms with Crippen LogP contribution in [0.3, 0.4) is 0 Å². The van der Waals surface area contributed by atoms with E-state index in [2.05, 4.69) is 14.7 Å². The second-order valence-electron chi connectivity index (χ2n) is 4.19. The van der Waals surface area contributed by atoms with E-state index in [-0.39, 0.29) is 5.92 Å². The molecule has 0 fully saturated rings. The highest BCUT2D eigenvalue weighted by Crippen LogP contribution is 2.15. The number of aliphatic carboxylic acids is 1. The molecule has 0 radical (unpaired) electrons. The molecule has 0 aromatic carbocycles. The molecule has 0 bridgehead atoms. The highest BCUT2D eigenvalue weighted by atomic mass is 32.1. The summed E-state index contributed by atoms with van der Waals surface area (Å²) in [6, 6.07) is 0. The number of aromatic nitrogens is 2. The van der Waals surface area contributed by atoms with Crippen molar-refractivity contribution in [2.24, 2.45) is 11.8 Å². The summed E-state index contributed by atoms with van der Waals surface area (Å²) in [5, 5.41) is 12.7. The quantitative estimate of drug-likeness (QED) is 0.799. The van der Waals surface area contributed by atoms with E-state index in [4.69, 9.17) is 5.11 Å². The molecule has 1 aromatic rings. The number of carboxylic acid groups (broad SMARTS) is 1. The van der Waals surface area contributed by atoms with E-state index in [0.29, 0.717) is 29.8 Å². The van der Waals surface area contributed by atoms with Gasteiger partial charge in [-0.1, -0.05) is 13.8 Å². The van der Waals surface area contributed by atoms with Gasteiger partial charge in [0.25, 0.3) is 0 Å². The standard InChI is InChI=1S/C10H17N3O2S/c1-6(2)4-8(9(14)15)5-11-10-12-7(3)13-16-10/h6,8H,4-5H2,1-3H3,(H,14,15)(H,11,12,13). The van der Waals surface area contributed by atoms with Crippen molar-refractivity contribution >= 4 is 22.6 Å². The van der Waals surface area contributed by atoms with Crippen LogP contribution in [0.15, 0.2) is 0 Å². The first kappa shape index (κ1) is 12.9. The van der Waals surface area contributed by atoms with E-state index in [1.807, 2.05) is 20.8 Å². The van der Waals surface area contributed by atoms with Crippen LogP contribution in [0.1, 0.15) is 26.1 Å². The van der Waals surface area contributed by atoms with Gasteiger partial charge in [0.05, 0.1) is 5.92 Å². The molecule has 1 atom stereocenters. The smallest absolute Gasteiger partial charge is 0.308 e. The van der Waals surface area contributed by atoms with Gasteiger partial charge in [-0.05, 0) is 19.3 Å². The molecule has 0 saturated heterocycles. The van der Waals surface area contributed by atoms with Crippen LogP contribution in [0, 0.1) is 18.8 Å². The summed E-state index contributed by atoms with van der Waals surface area (Å²) in [6.07, 6.45) is 0.667. The Labute approximate surface area is 99.1 Å². The van der Waals surface area contributed by atoms with Gasteiger partial charge < -0.3 is 10.4 Å². The lowest BCUT2D eigenvalue weighted by molar-refractivity contribution is -0.141. The van der Waals surface area contributed by atoms with Gasteiger partial charge in [0.2, 0.25) is 5.13 Å². The minimum atomic E-state index is -0.762. The summed E-state index contributed by atoms with van der Waals surface area (Å²) in [7, 11) is 0. The summed E-state index contributed by atoms with van der Waals surface area (Å²) in [5.41, 5.74) is 0. The highest BCUT2D eigenvalue weighted by Gasteiger charge is 2.19. The molecule has 1 heterocycles. The molecule has 1 aromatic heterocycles. The lowest BCUT2D eigenvalue weighted by Gasteiger charge is -2.14. The summed E-state index contributed by atoms with van der Waals surface area (Å²) < 4.78 is 4.02. The zero-order valence-corrected chi connectivity index (χ0v) is 10.5. The molecule has 16 heavy (non-hydrogen) atoms. The van der Waals surface area contributed by atoms with Crippen molar-refractivity contribution in [1.29, 1.82) is 0 Å². The van der Waals surface area contributed by atoms with Gasteiger partial charge in [0.1, 0.15) is 5.82 Å². The van der Waals surface area contributed by atoms with Crippen LogP contribution < -0.4 is 5.32 Å². The predicted molar refractivity (Wildman–Crippen MR) is 63.7 cm³/mol. The number of hydrogen-bond donors (Lipinski definition) is 2. The fourth-order valence-electron chi connectivity index (χ4n) is 1.42. The molecule has 0 spiro atoms. The van der Waals surface area contributed by atoms with Crippen molar-refractivity contribution in [3.05, 3.63) is 5.82 Å². The molecule has 0 aliphatic heterocycles. The highest BCUT2D eigenvalue weighted by molar-refractivity contribution is 7.09. The summed E-state index contributed by atoms with van der Waals surface area (Å²) >= 11 is 1.26. The first-order valence-electron chi connectivity index (χ1n) is 5.26. The zero-order valence-electron chi connectivity index (χ0n) is 9.73. The van der Waals surface area contributed by atoms with Crippen molar-refractivity contribution < 1.29 is 9.90 Å². The van der Waals surface area contributed by atoms with Crippen LogP contribution in [0.2, 0.25) is 0 Å². The maximum atomic E-state index is 11.0. The molecule has 0 aliphatic carbocycles. The van der Waals surface area contributed by atoms with Crippen molar-refractivity contribution in [3.63, 3.8) is 0 Å². The Hall–Kier alpha value is -1.17. The Balaban J connectivity index is 2.46. The van der Waals surface area contributed by atoms with Gasteiger partial charge in [-0.15, -0.1) is 0 Å². The Morgan fingerprint density at radius 3 is 2.69 bits per heavy atom. The normalized spacial score (nSPS) is 12.8. The molecule has 1 unspecified atom stereocenters. The van der Waals surface area contributed by atoms with Crippen LogP contribution in [0.4, 0.5) is 5.13 Å². The molecule has 90 valence electrons. The van der Waals surface area contributed by atoms with Gasteiger partial charge in [-0.25, -0.2) is 4.98 Å². The fourth-order valence-corrected chi connectivity index (χ4v) is 2.00.